The lowest BCUT2D eigenvalue weighted by molar-refractivity contribution is -0.109. The zero-order chi connectivity index (χ0) is 11.3. The molecule has 0 amide bonds. The first kappa shape index (κ1) is 12.9. The van der Waals surface area contributed by atoms with Gasteiger partial charge in [0.05, 0.1) is 7.11 Å². The van der Waals surface area contributed by atoms with Crippen LogP contribution in [0, 0.1) is 0 Å². The second kappa shape index (κ2) is 5.61. The van der Waals surface area contributed by atoms with Gasteiger partial charge < -0.3 is 9.47 Å². The summed E-state index contributed by atoms with van der Waals surface area (Å²) >= 11 is 0. The number of methoxy groups -OCH3 is 1. The van der Waals surface area contributed by atoms with Crippen LogP contribution < -0.4 is 0 Å². The molecule has 0 rings (SSSR count). The average molecular weight is 222 g/mol. The Balaban J connectivity index is 4.10. The van der Waals surface area contributed by atoms with Gasteiger partial charge >= 0.3 is 6.16 Å². The summed E-state index contributed by atoms with van der Waals surface area (Å²) in [6, 6.07) is 0. The van der Waals surface area contributed by atoms with Crippen molar-refractivity contribution in [1.29, 1.82) is 0 Å². The predicted octanol–water partition coefficient (Wildman–Crippen LogP) is 2.01. The summed E-state index contributed by atoms with van der Waals surface area (Å²) in [5.41, 5.74) is 0. The molecule has 0 heterocycles. The highest BCUT2D eigenvalue weighted by Crippen LogP contribution is 2.19. The second-order valence-electron chi connectivity index (χ2n) is 2.15. The van der Waals surface area contributed by atoms with Gasteiger partial charge in [-0.15, -0.1) is 0 Å². The molecule has 0 radical (unpaired) electrons. The van der Waals surface area contributed by atoms with Crippen LogP contribution in [0.4, 0.5) is 26.7 Å². The van der Waals surface area contributed by atoms with Crippen molar-refractivity contribution in [2.75, 3.05) is 7.11 Å². The second-order valence-corrected chi connectivity index (χ2v) is 2.15. The van der Waals surface area contributed by atoms with Gasteiger partial charge in [-0.25, -0.2) is 22.4 Å². The molecule has 0 saturated carbocycles. The highest BCUT2D eigenvalue weighted by Gasteiger charge is 2.38. The fourth-order valence-electron chi connectivity index (χ4n) is 0.489. The molecule has 0 N–H and O–H groups in total. The standard InChI is InChI=1S/C6H7F5O3/c1-13-6(12)14-5(11)3(8)2(7)4(9)10/h2-5H,1H3. The van der Waals surface area contributed by atoms with Crippen LogP contribution >= 0.6 is 0 Å². The third-order valence-corrected chi connectivity index (χ3v) is 1.17. The highest BCUT2D eigenvalue weighted by molar-refractivity contribution is 5.59. The molecule has 0 aromatic rings. The maximum Gasteiger partial charge on any atom is 0.510 e. The number of hydrogen-bond donors (Lipinski definition) is 0. The van der Waals surface area contributed by atoms with Gasteiger partial charge in [0.2, 0.25) is 6.17 Å². The lowest BCUT2D eigenvalue weighted by Gasteiger charge is -2.16. The Labute approximate surface area is 75.8 Å². The molecule has 3 atom stereocenters. The summed E-state index contributed by atoms with van der Waals surface area (Å²) in [7, 11) is 0.794. The molecule has 0 aliphatic rings. The number of carbonyl (C=O) groups excluding carboxylic acids is 1. The monoisotopic (exact) mass is 222 g/mol. The minimum absolute atomic E-state index is 0.794. The molecule has 84 valence electrons. The van der Waals surface area contributed by atoms with Crippen LogP contribution in [0.5, 0.6) is 0 Å². The molecular weight excluding hydrogens is 215 g/mol. The molecule has 0 aliphatic heterocycles. The summed E-state index contributed by atoms with van der Waals surface area (Å²) in [5, 5.41) is 0. The molecule has 0 saturated heterocycles. The fraction of sp³-hybridized carbons (Fsp3) is 0.833. The maximum absolute atomic E-state index is 12.4. The largest absolute Gasteiger partial charge is 0.510 e. The van der Waals surface area contributed by atoms with Gasteiger partial charge in [0.1, 0.15) is 0 Å². The van der Waals surface area contributed by atoms with E-state index in [0.717, 1.165) is 7.11 Å². The van der Waals surface area contributed by atoms with Crippen molar-refractivity contribution in [2.24, 2.45) is 0 Å². The zero-order valence-electron chi connectivity index (χ0n) is 6.92. The Morgan fingerprint density at radius 2 is 1.57 bits per heavy atom. The van der Waals surface area contributed by atoms with Crippen molar-refractivity contribution in [2.45, 2.75) is 25.1 Å². The minimum Gasteiger partial charge on any atom is -0.438 e. The summed E-state index contributed by atoms with van der Waals surface area (Å²) in [6.07, 6.45) is -15.0. The summed E-state index contributed by atoms with van der Waals surface area (Å²) < 4.78 is 67.1. The molecule has 0 fully saturated rings. The van der Waals surface area contributed by atoms with E-state index in [4.69, 9.17) is 0 Å². The quantitative estimate of drug-likeness (QED) is 0.539. The van der Waals surface area contributed by atoms with Gasteiger partial charge in [-0.3, -0.25) is 0 Å². The fourth-order valence-corrected chi connectivity index (χ4v) is 0.489. The van der Waals surface area contributed by atoms with E-state index in [0.29, 0.717) is 0 Å². The van der Waals surface area contributed by atoms with Crippen LogP contribution in [-0.4, -0.2) is 38.4 Å². The lowest BCUT2D eigenvalue weighted by atomic mass is 10.2. The first-order valence-corrected chi connectivity index (χ1v) is 3.35. The Hall–Kier alpha value is -1.08. The van der Waals surface area contributed by atoms with Crippen LogP contribution in [0.3, 0.4) is 0 Å². The SMILES string of the molecule is COC(=O)OC(F)C(F)C(F)C(F)F. The summed E-state index contributed by atoms with van der Waals surface area (Å²) in [6.45, 7) is 0. The highest BCUT2D eigenvalue weighted by atomic mass is 19.3. The number of ether oxygens (including phenoxy) is 2. The van der Waals surface area contributed by atoms with Crippen molar-refractivity contribution in [1.82, 2.24) is 0 Å². The topological polar surface area (TPSA) is 35.5 Å². The van der Waals surface area contributed by atoms with Crippen LogP contribution in [0.15, 0.2) is 0 Å². The van der Waals surface area contributed by atoms with Crippen molar-refractivity contribution in [3.8, 4) is 0 Å². The number of rotatable bonds is 4. The van der Waals surface area contributed by atoms with Crippen molar-refractivity contribution in [3.05, 3.63) is 0 Å². The summed E-state index contributed by atoms with van der Waals surface area (Å²) in [4.78, 5) is 10.2. The van der Waals surface area contributed by atoms with E-state index in [9.17, 15) is 26.7 Å². The average Bonchev–Trinajstić information content (AvgIpc) is 2.14. The predicted molar refractivity (Wildman–Crippen MR) is 34.2 cm³/mol. The Morgan fingerprint density at radius 3 is 1.93 bits per heavy atom. The molecule has 0 spiro atoms. The van der Waals surface area contributed by atoms with E-state index < -0.39 is 31.3 Å². The number of alkyl halides is 5. The Morgan fingerprint density at radius 1 is 1.07 bits per heavy atom. The minimum atomic E-state index is -3.69. The van der Waals surface area contributed by atoms with E-state index in [-0.39, 0.29) is 0 Å². The van der Waals surface area contributed by atoms with Gasteiger partial charge in [0, 0.05) is 0 Å². The molecule has 0 aromatic heterocycles. The van der Waals surface area contributed by atoms with Crippen LogP contribution in [-0.2, 0) is 9.47 Å². The van der Waals surface area contributed by atoms with Gasteiger partial charge in [-0.2, -0.15) is 4.39 Å². The first-order chi connectivity index (χ1) is 6.40. The number of hydrogen-bond acceptors (Lipinski definition) is 3. The third kappa shape index (κ3) is 3.75. The smallest absolute Gasteiger partial charge is 0.438 e. The molecule has 0 bridgehead atoms. The van der Waals surface area contributed by atoms with Crippen molar-refractivity contribution in [3.63, 3.8) is 0 Å². The first-order valence-electron chi connectivity index (χ1n) is 3.35. The maximum atomic E-state index is 12.4. The molecule has 0 aliphatic carbocycles. The van der Waals surface area contributed by atoms with Crippen molar-refractivity contribution < 1.29 is 36.2 Å². The van der Waals surface area contributed by atoms with E-state index in [2.05, 4.69) is 9.47 Å². The third-order valence-electron chi connectivity index (χ3n) is 1.17. The number of halogens is 5. The molecule has 3 nitrogen and oxygen atoms in total. The molecule has 8 heteroatoms. The van der Waals surface area contributed by atoms with E-state index in [1.807, 2.05) is 0 Å². The van der Waals surface area contributed by atoms with Gasteiger partial charge in [-0.05, 0) is 0 Å². The summed E-state index contributed by atoms with van der Waals surface area (Å²) in [5.74, 6) is 0. The van der Waals surface area contributed by atoms with Crippen LogP contribution in [0.1, 0.15) is 0 Å². The Kier molecular flexibility index (Phi) is 5.18. The van der Waals surface area contributed by atoms with E-state index in [1.54, 1.807) is 0 Å². The molecule has 14 heavy (non-hydrogen) atoms. The lowest BCUT2D eigenvalue weighted by Crippen LogP contribution is -2.35. The van der Waals surface area contributed by atoms with Gasteiger partial charge in [-0.1, -0.05) is 0 Å². The van der Waals surface area contributed by atoms with Crippen LogP contribution in [0.25, 0.3) is 0 Å². The van der Waals surface area contributed by atoms with Crippen molar-refractivity contribution >= 4 is 6.16 Å². The van der Waals surface area contributed by atoms with Crippen LogP contribution in [0.2, 0.25) is 0 Å². The Bertz CT molecular complexity index is 188. The van der Waals surface area contributed by atoms with Gasteiger partial charge in [0.25, 0.3) is 12.8 Å². The molecule has 0 aromatic carbocycles. The van der Waals surface area contributed by atoms with Gasteiger partial charge in [0.15, 0.2) is 6.17 Å². The molecular formula is C6H7F5O3. The normalized spacial score (nSPS) is 17.4. The number of carbonyl (C=O) groups is 1. The molecule has 3 unspecified atom stereocenters. The van der Waals surface area contributed by atoms with E-state index in [1.165, 1.54) is 0 Å². The van der Waals surface area contributed by atoms with E-state index >= 15 is 0 Å². The zero-order valence-corrected chi connectivity index (χ0v) is 6.92.